The van der Waals surface area contributed by atoms with Gasteiger partial charge in [-0.15, -0.1) is 0 Å². The van der Waals surface area contributed by atoms with Crippen LogP contribution in [0.5, 0.6) is 5.75 Å². The van der Waals surface area contributed by atoms with E-state index in [1.54, 1.807) is 31.4 Å². The molecule has 0 aliphatic carbocycles. The molecule has 1 heterocycles. The third kappa shape index (κ3) is 3.08. The highest BCUT2D eigenvalue weighted by Crippen LogP contribution is 2.25. The Kier molecular flexibility index (Phi) is 4.24. The fourth-order valence-corrected chi connectivity index (χ4v) is 1.63. The van der Waals surface area contributed by atoms with E-state index < -0.39 is 5.60 Å². The second-order valence-electron chi connectivity index (χ2n) is 4.66. The molecule has 0 aliphatic heterocycles. The van der Waals surface area contributed by atoms with E-state index in [0.717, 1.165) is 6.42 Å². The van der Waals surface area contributed by atoms with Crippen molar-refractivity contribution in [2.75, 3.05) is 12.8 Å². The maximum atomic E-state index is 5.61. The molecule has 0 radical (unpaired) electrons. The Bertz CT molecular complexity index is 547. The molecule has 6 nitrogen and oxygen atoms in total. The zero-order valence-corrected chi connectivity index (χ0v) is 11.9. The summed E-state index contributed by atoms with van der Waals surface area (Å²) in [6, 6.07) is 7.12. The van der Waals surface area contributed by atoms with Crippen molar-refractivity contribution in [3.63, 3.8) is 0 Å². The van der Waals surface area contributed by atoms with Gasteiger partial charge in [-0.25, -0.2) is 0 Å². The predicted molar refractivity (Wildman–Crippen MR) is 74.1 cm³/mol. The summed E-state index contributed by atoms with van der Waals surface area (Å²) in [6.07, 6.45) is 0.751. The Morgan fingerprint density at radius 2 is 2.00 bits per heavy atom. The number of nitrogens with zero attached hydrogens (tertiary/aromatic N) is 2. The van der Waals surface area contributed by atoms with Gasteiger partial charge in [-0.3, -0.25) is 0 Å². The zero-order valence-electron chi connectivity index (χ0n) is 11.9. The molecule has 0 fully saturated rings. The van der Waals surface area contributed by atoms with E-state index in [-0.39, 0.29) is 6.61 Å². The first-order valence-electron chi connectivity index (χ1n) is 6.44. The van der Waals surface area contributed by atoms with Crippen LogP contribution in [0.1, 0.15) is 32.0 Å². The summed E-state index contributed by atoms with van der Waals surface area (Å²) in [5.41, 5.74) is 5.76. The molecule has 2 aromatic rings. The fraction of sp³-hybridized carbons (Fsp3) is 0.429. The first kappa shape index (κ1) is 14.3. The van der Waals surface area contributed by atoms with Crippen LogP contribution in [0.3, 0.4) is 0 Å². The molecule has 0 saturated heterocycles. The summed E-state index contributed by atoms with van der Waals surface area (Å²) in [4.78, 5) is 4.30. The van der Waals surface area contributed by atoms with Gasteiger partial charge in [0.15, 0.2) is 6.61 Å². The number of rotatable bonds is 6. The highest BCUT2D eigenvalue weighted by Gasteiger charge is 2.30. The normalized spacial score (nSPS) is 13.9. The van der Waals surface area contributed by atoms with Gasteiger partial charge in [0.05, 0.1) is 0 Å². The molecule has 0 aliphatic rings. The Morgan fingerprint density at radius 1 is 1.30 bits per heavy atom. The van der Waals surface area contributed by atoms with Gasteiger partial charge in [0.1, 0.15) is 11.4 Å². The van der Waals surface area contributed by atoms with Gasteiger partial charge in [0.25, 0.3) is 5.89 Å². The number of nitrogens with two attached hydrogens (primary N) is 1. The van der Waals surface area contributed by atoms with Crippen LogP contribution in [-0.2, 0) is 16.9 Å². The quantitative estimate of drug-likeness (QED) is 0.817. The summed E-state index contributed by atoms with van der Waals surface area (Å²) in [5.74, 6) is 1.64. The molecule has 2 rings (SSSR count). The number of hydrogen-bond acceptors (Lipinski definition) is 6. The van der Waals surface area contributed by atoms with Crippen molar-refractivity contribution in [1.82, 2.24) is 10.1 Å². The molecule has 0 amide bonds. The topological polar surface area (TPSA) is 83.4 Å². The minimum absolute atomic E-state index is 0.209. The van der Waals surface area contributed by atoms with Crippen molar-refractivity contribution in [1.29, 1.82) is 0 Å². The summed E-state index contributed by atoms with van der Waals surface area (Å²) in [7, 11) is 1.63. The summed E-state index contributed by atoms with van der Waals surface area (Å²) >= 11 is 0. The van der Waals surface area contributed by atoms with Crippen LogP contribution >= 0.6 is 0 Å². The Balaban J connectivity index is 2.01. The van der Waals surface area contributed by atoms with Gasteiger partial charge in [0.2, 0.25) is 5.82 Å². The Morgan fingerprint density at radius 3 is 2.60 bits per heavy atom. The molecule has 1 aromatic heterocycles. The van der Waals surface area contributed by atoms with E-state index in [9.17, 15) is 0 Å². The Hall–Kier alpha value is -2.08. The van der Waals surface area contributed by atoms with Crippen LogP contribution in [0.4, 0.5) is 5.69 Å². The lowest BCUT2D eigenvalue weighted by molar-refractivity contribution is -0.0106. The molecule has 0 bridgehead atoms. The van der Waals surface area contributed by atoms with Crippen LogP contribution in [0.2, 0.25) is 0 Å². The number of aromatic nitrogens is 2. The lowest BCUT2D eigenvalue weighted by Gasteiger charge is -2.21. The summed E-state index contributed by atoms with van der Waals surface area (Å²) in [5, 5.41) is 3.95. The number of benzene rings is 1. The molecule has 6 heteroatoms. The number of methoxy groups -OCH3 is 1. The van der Waals surface area contributed by atoms with E-state index in [4.69, 9.17) is 19.7 Å². The average molecular weight is 277 g/mol. The van der Waals surface area contributed by atoms with Crippen molar-refractivity contribution in [2.45, 2.75) is 32.5 Å². The standard InChI is InChI=1S/C14H19N3O3/c1-4-14(2,18-3)13-16-12(20-17-13)9-19-11-7-5-10(15)6-8-11/h5-8H,4,9,15H2,1-3H3. The van der Waals surface area contributed by atoms with E-state index in [1.165, 1.54) is 0 Å². The average Bonchev–Trinajstić information content (AvgIpc) is 2.95. The molecular formula is C14H19N3O3. The monoisotopic (exact) mass is 277 g/mol. The fourth-order valence-electron chi connectivity index (χ4n) is 1.63. The molecule has 1 atom stereocenters. The molecule has 108 valence electrons. The largest absolute Gasteiger partial charge is 0.484 e. The van der Waals surface area contributed by atoms with E-state index in [0.29, 0.717) is 23.2 Å². The molecule has 2 N–H and O–H groups in total. The van der Waals surface area contributed by atoms with Crippen LogP contribution in [-0.4, -0.2) is 17.3 Å². The molecule has 1 unspecified atom stereocenters. The first-order valence-corrected chi connectivity index (χ1v) is 6.44. The van der Waals surface area contributed by atoms with Crippen molar-refractivity contribution >= 4 is 5.69 Å². The number of ether oxygens (including phenoxy) is 2. The maximum absolute atomic E-state index is 5.61. The van der Waals surface area contributed by atoms with Crippen molar-refractivity contribution in [2.24, 2.45) is 0 Å². The highest BCUT2D eigenvalue weighted by atomic mass is 16.5. The minimum Gasteiger partial charge on any atom is -0.484 e. The molecule has 1 aromatic carbocycles. The Labute approximate surface area is 117 Å². The number of hydrogen-bond donors (Lipinski definition) is 1. The number of anilines is 1. The third-order valence-electron chi connectivity index (χ3n) is 3.31. The predicted octanol–water partition coefficient (Wildman–Crippen LogP) is 2.50. The minimum atomic E-state index is -0.539. The van der Waals surface area contributed by atoms with Gasteiger partial charge < -0.3 is 19.7 Å². The summed E-state index contributed by atoms with van der Waals surface area (Å²) in [6.45, 7) is 4.13. The first-order chi connectivity index (χ1) is 9.57. The van der Waals surface area contributed by atoms with Gasteiger partial charge in [-0.2, -0.15) is 4.98 Å². The molecule has 0 spiro atoms. The second kappa shape index (κ2) is 5.92. The lowest BCUT2D eigenvalue weighted by atomic mass is 10.0. The zero-order chi connectivity index (χ0) is 14.6. The van der Waals surface area contributed by atoms with Crippen LogP contribution in [0.25, 0.3) is 0 Å². The van der Waals surface area contributed by atoms with Crippen molar-refractivity contribution in [3.8, 4) is 5.75 Å². The second-order valence-corrected chi connectivity index (χ2v) is 4.66. The molecular weight excluding hydrogens is 258 g/mol. The van der Waals surface area contributed by atoms with Crippen LogP contribution in [0, 0.1) is 0 Å². The van der Waals surface area contributed by atoms with Gasteiger partial charge >= 0.3 is 0 Å². The molecule has 20 heavy (non-hydrogen) atoms. The maximum Gasteiger partial charge on any atom is 0.264 e. The molecule has 0 saturated carbocycles. The van der Waals surface area contributed by atoms with Gasteiger partial charge in [-0.05, 0) is 37.6 Å². The lowest BCUT2D eigenvalue weighted by Crippen LogP contribution is -2.24. The smallest absolute Gasteiger partial charge is 0.264 e. The van der Waals surface area contributed by atoms with E-state index >= 15 is 0 Å². The van der Waals surface area contributed by atoms with Crippen molar-refractivity contribution < 1.29 is 14.0 Å². The van der Waals surface area contributed by atoms with Crippen molar-refractivity contribution in [3.05, 3.63) is 36.0 Å². The van der Waals surface area contributed by atoms with Gasteiger partial charge in [-0.1, -0.05) is 12.1 Å². The van der Waals surface area contributed by atoms with Crippen LogP contribution in [0.15, 0.2) is 28.8 Å². The van der Waals surface area contributed by atoms with E-state index in [2.05, 4.69) is 10.1 Å². The summed E-state index contributed by atoms with van der Waals surface area (Å²) < 4.78 is 16.1. The van der Waals surface area contributed by atoms with Crippen LogP contribution < -0.4 is 10.5 Å². The SMILES string of the molecule is CCC(C)(OC)c1noc(COc2ccc(N)cc2)n1. The number of nitrogen functional groups attached to an aromatic ring is 1. The van der Waals surface area contributed by atoms with E-state index in [1.807, 2.05) is 13.8 Å². The highest BCUT2D eigenvalue weighted by molar-refractivity contribution is 5.41. The third-order valence-corrected chi connectivity index (χ3v) is 3.31. The van der Waals surface area contributed by atoms with Gasteiger partial charge in [0, 0.05) is 12.8 Å².